The van der Waals surface area contributed by atoms with Gasteiger partial charge < -0.3 is 4.74 Å². The fourth-order valence-electron chi connectivity index (χ4n) is 2.22. The summed E-state index contributed by atoms with van der Waals surface area (Å²) in [6, 6.07) is 0.195. The minimum atomic E-state index is -3.68. The van der Waals surface area contributed by atoms with E-state index < -0.39 is 9.05 Å². The van der Waals surface area contributed by atoms with E-state index in [1.54, 1.807) is 11.8 Å². The van der Waals surface area contributed by atoms with Crippen molar-refractivity contribution >= 4 is 19.7 Å². The number of hydrogen-bond acceptors (Lipinski definition) is 4. The van der Waals surface area contributed by atoms with Crippen molar-refractivity contribution in [2.75, 3.05) is 7.11 Å². The molecule has 2 unspecified atom stereocenters. The van der Waals surface area contributed by atoms with Gasteiger partial charge in [0.25, 0.3) is 9.05 Å². The number of methoxy groups -OCH3 is 1. The molecule has 0 saturated heterocycles. The summed E-state index contributed by atoms with van der Waals surface area (Å²) in [5, 5.41) is 4.07. The summed E-state index contributed by atoms with van der Waals surface area (Å²) in [5.41, 5.74) is 0. The van der Waals surface area contributed by atoms with E-state index in [-0.39, 0.29) is 17.0 Å². The van der Waals surface area contributed by atoms with Gasteiger partial charge in [-0.05, 0) is 25.7 Å². The van der Waals surface area contributed by atoms with Crippen LogP contribution in [0.3, 0.4) is 0 Å². The minimum absolute atomic E-state index is 0.0544. The third-order valence-corrected chi connectivity index (χ3v) is 4.47. The van der Waals surface area contributed by atoms with Gasteiger partial charge in [0.05, 0.1) is 18.3 Å². The Balaban J connectivity index is 2.15. The van der Waals surface area contributed by atoms with Gasteiger partial charge in [-0.3, -0.25) is 4.68 Å². The van der Waals surface area contributed by atoms with Crippen molar-refractivity contribution in [2.24, 2.45) is 0 Å². The molecule has 17 heavy (non-hydrogen) atoms. The van der Waals surface area contributed by atoms with Crippen LogP contribution < -0.4 is 0 Å². The first-order valence-corrected chi connectivity index (χ1v) is 7.83. The van der Waals surface area contributed by atoms with Crippen molar-refractivity contribution in [3.63, 3.8) is 0 Å². The maximum absolute atomic E-state index is 11.1. The van der Waals surface area contributed by atoms with Crippen molar-refractivity contribution in [1.29, 1.82) is 0 Å². The highest BCUT2D eigenvalue weighted by molar-refractivity contribution is 8.13. The van der Waals surface area contributed by atoms with Crippen LogP contribution in [0, 0.1) is 0 Å². The summed E-state index contributed by atoms with van der Waals surface area (Å²) in [7, 11) is 3.28. The van der Waals surface area contributed by atoms with Gasteiger partial charge in [-0.25, -0.2) is 8.42 Å². The van der Waals surface area contributed by atoms with Gasteiger partial charge in [0, 0.05) is 24.0 Å². The third kappa shape index (κ3) is 3.00. The Labute approximate surface area is 105 Å². The van der Waals surface area contributed by atoms with Crippen molar-refractivity contribution in [2.45, 2.75) is 42.7 Å². The predicted molar refractivity (Wildman–Crippen MR) is 63.6 cm³/mol. The highest BCUT2D eigenvalue weighted by Crippen LogP contribution is 2.30. The highest BCUT2D eigenvalue weighted by Gasteiger charge is 2.24. The van der Waals surface area contributed by atoms with E-state index in [4.69, 9.17) is 15.4 Å². The monoisotopic (exact) mass is 278 g/mol. The Morgan fingerprint density at radius 3 is 2.88 bits per heavy atom. The maximum Gasteiger partial charge on any atom is 0.264 e. The van der Waals surface area contributed by atoms with E-state index in [1.165, 1.54) is 12.4 Å². The molecular formula is C10H15ClN2O3S. The largest absolute Gasteiger partial charge is 0.381 e. The molecule has 1 aromatic rings. The maximum atomic E-state index is 11.1. The van der Waals surface area contributed by atoms with Gasteiger partial charge >= 0.3 is 0 Å². The van der Waals surface area contributed by atoms with Gasteiger partial charge in [0.2, 0.25) is 0 Å². The molecule has 0 radical (unpaired) electrons. The Morgan fingerprint density at radius 1 is 1.53 bits per heavy atom. The normalized spacial score (nSPS) is 26.0. The van der Waals surface area contributed by atoms with E-state index in [0.29, 0.717) is 0 Å². The van der Waals surface area contributed by atoms with E-state index in [1.807, 2.05) is 0 Å². The summed E-state index contributed by atoms with van der Waals surface area (Å²) in [4.78, 5) is 0.0544. The van der Waals surface area contributed by atoms with Crippen LogP contribution in [0.2, 0.25) is 0 Å². The van der Waals surface area contributed by atoms with Crippen LogP contribution in [-0.4, -0.2) is 31.4 Å². The Hall–Kier alpha value is -0.590. The molecule has 0 bridgehead atoms. The van der Waals surface area contributed by atoms with Crippen molar-refractivity contribution < 1.29 is 13.2 Å². The van der Waals surface area contributed by atoms with Crippen LogP contribution in [0.15, 0.2) is 17.3 Å². The molecule has 2 atom stereocenters. The van der Waals surface area contributed by atoms with Crippen molar-refractivity contribution in [1.82, 2.24) is 9.78 Å². The second-order valence-electron chi connectivity index (χ2n) is 4.27. The highest BCUT2D eigenvalue weighted by atomic mass is 35.7. The lowest BCUT2D eigenvalue weighted by molar-refractivity contribution is 0.0508. The Morgan fingerprint density at radius 2 is 2.29 bits per heavy atom. The summed E-state index contributed by atoms with van der Waals surface area (Å²) >= 11 is 0. The third-order valence-electron chi connectivity index (χ3n) is 3.17. The zero-order valence-corrected chi connectivity index (χ0v) is 11.1. The molecule has 96 valence electrons. The van der Waals surface area contributed by atoms with Gasteiger partial charge in [-0.2, -0.15) is 5.10 Å². The van der Waals surface area contributed by atoms with Crippen LogP contribution in [0.25, 0.3) is 0 Å². The van der Waals surface area contributed by atoms with E-state index >= 15 is 0 Å². The van der Waals surface area contributed by atoms with Crippen LogP contribution in [0.4, 0.5) is 0 Å². The average Bonchev–Trinajstić information content (AvgIpc) is 2.78. The van der Waals surface area contributed by atoms with E-state index in [2.05, 4.69) is 5.10 Å². The Kier molecular flexibility index (Phi) is 3.75. The number of hydrogen-bond donors (Lipinski definition) is 0. The number of nitrogens with zero attached hydrogens (tertiary/aromatic N) is 2. The molecule has 1 heterocycles. The molecule has 0 amide bonds. The fourth-order valence-corrected chi connectivity index (χ4v) is 2.87. The molecular weight excluding hydrogens is 264 g/mol. The second kappa shape index (κ2) is 4.96. The van der Waals surface area contributed by atoms with Gasteiger partial charge in [-0.1, -0.05) is 0 Å². The topological polar surface area (TPSA) is 61.2 Å². The smallest absolute Gasteiger partial charge is 0.264 e. The van der Waals surface area contributed by atoms with Crippen molar-refractivity contribution in [3.8, 4) is 0 Å². The number of aromatic nitrogens is 2. The molecule has 2 rings (SSSR count). The first-order chi connectivity index (χ1) is 8.00. The molecule has 1 fully saturated rings. The van der Waals surface area contributed by atoms with Crippen LogP contribution in [-0.2, 0) is 13.8 Å². The van der Waals surface area contributed by atoms with Gasteiger partial charge in [-0.15, -0.1) is 0 Å². The number of ether oxygens (including phenoxy) is 1. The van der Waals surface area contributed by atoms with Crippen LogP contribution in [0.1, 0.15) is 31.7 Å². The van der Waals surface area contributed by atoms with E-state index in [9.17, 15) is 8.42 Å². The molecule has 1 saturated carbocycles. The molecule has 0 spiro atoms. The Bertz CT molecular complexity index is 485. The SMILES string of the molecule is COC1CCCC(n2cc(S(=O)(=O)Cl)cn2)C1. The quantitative estimate of drug-likeness (QED) is 0.793. The molecule has 7 heteroatoms. The molecule has 0 aromatic carbocycles. The molecule has 1 aliphatic carbocycles. The number of rotatable bonds is 3. The molecule has 1 aromatic heterocycles. The molecule has 0 aliphatic heterocycles. The standard InChI is InChI=1S/C10H15ClN2O3S/c1-16-9-4-2-3-8(5-9)13-7-10(6-12-13)17(11,14)15/h6-9H,2-5H2,1H3. The zero-order chi connectivity index (χ0) is 12.5. The van der Waals surface area contributed by atoms with Gasteiger partial charge in [0.1, 0.15) is 4.90 Å². The average molecular weight is 279 g/mol. The fraction of sp³-hybridized carbons (Fsp3) is 0.700. The lowest BCUT2D eigenvalue weighted by atomic mass is 9.93. The zero-order valence-electron chi connectivity index (χ0n) is 9.54. The minimum Gasteiger partial charge on any atom is -0.381 e. The van der Waals surface area contributed by atoms with Crippen molar-refractivity contribution in [3.05, 3.63) is 12.4 Å². The lowest BCUT2D eigenvalue weighted by Crippen LogP contribution is -2.24. The molecule has 1 aliphatic rings. The summed E-state index contributed by atoms with van der Waals surface area (Å²) in [6.07, 6.45) is 6.97. The summed E-state index contributed by atoms with van der Waals surface area (Å²) < 4.78 is 29.3. The van der Waals surface area contributed by atoms with Gasteiger partial charge in [0.15, 0.2) is 0 Å². The van der Waals surface area contributed by atoms with E-state index in [0.717, 1.165) is 25.7 Å². The lowest BCUT2D eigenvalue weighted by Gasteiger charge is -2.28. The number of halogens is 1. The predicted octanol–water partition coefficient (Wildman–Crippen LogP) is 1.94. The molecule has 0 N–H and O–H groups in total. The second-order valence-corrected chi connectivity index (χ2v) is 6.84. The summed E-state index contributed by atoms with van der Waals surface area (Å²) in [6.45, 7) is 0. The van der Waals surface area contributed by atoms with Crippen LogP contribution >= 0.6 is 10.7 Å². The summed E-state index contributed by atoms with van der Waals surface area (Å²) in [5.74, 6) is 0. The molecule has 5 nitrogen and oxygen atoms in total. The first-order valence-electron chi connectivity index (χ1n) is 5.52. The van der Waals surface area contributed by atoms with Crippen LogP contribution in [0.5, 0.6) is 0 Å². The first kappa shape index (κ1) is 12.9.